The molecule has 0 aromatic rings. The number of carboxylic acids is 1. The van der Waals surface area contributed by atoms with Crippen molar-refractivity contribution in [2.24, 2.45) is 5.92 Å². The fourth-order valence-electron chi connectivity index (χ4n) is 1.68. The molecular formula is C10H18N2O4. The van der Waals surface area contributed by atoms with Gasteiger partial charge in [-0.25, -0.2) is 4.79 Å². The Kier molecular flexibility index (Phi) is 4.26. The number of carbonyl (C=O) groups excluding carboxylic acids is 1. The van der Waals surface area contributed by atoms with Gasteiger partial charge in [-0.2, -0.15) is 0 Å². The van der Waals surface area contributed by atoms with E-state index in [4.69, 9.17) is 5.11 Å². The zero-order valence-corrected chi connectivity index (χ0v) is 9.43. The molecule has 6 heteroatoms. The van der Waals surface area contributed by atoms with Gasteiger partial charge in [0, 0.05) is 6.54 Å². The van der Waals surface area contributed by atoms with Gasteiger partial charge in [0.05, 0.1) is 12.1 Å². The SMILES string of the molecule is CC(C)[C@H](NC(=O)C1CC(O)CN1)C(=O)O. The second kappa shape index (κ2) is 5.27. The molecule has 1 saturated heterocycles. The molecule has 0 saturated carbocycles. The summed E-state index contributed by atoms with van der Waals surface area (Å²) in [6, 6.07) is -1.37. The maximum atomic E-state index is 11.7. The highest BCUT2D eigenvalue weighted by molar-refractivity contribution is 5.87. The monoisotopic (exact) mass is 230 g/mol. The zero-order chi connectivity index (χ0) is 12.3. The molecule has 1 amide bonds. The Morgan fingerprint density at radius 3 is 2.44 bits per heavy atom. The number of aliphatic hydroxyl groups is 1. The van der Waals surface area contributed by atoms with Gasteiger partial charge in [0.1, 0.15) is 6.04 Å². The van der Waals surface area contributed by atoms with E-state index in [1.165, 1.54) is 0 Å². The van der Waals surface area contributed by atoms with Crippen LogP contribution >= 0.6 is 0 Å². The number of nitrogens with one attached hydrogen (secondary N) is 2. The van der Waals surface area contributed by atoms with Gasteiger partial charge in [-0.1, -0.05) is 13.8 Å². The predicted octanol–water partition coefficient (Wildman–Crippen LogP) is -1.07. The normalized spacial score (nSPS) is 26.8. The van der Waals surface area contributed by atoms with Crippen LogP contribution in [0.3, 0.4) is 0 Å². The lowest BCUT2D eigenvalue weighted by atomic mass is 10.0. The number of aliphatic carboxylic acids is 1. The van der Waals surface area contributed by atoms with Crippen molar-refractivity contribution in [1.29, 1.82) is 0 Å². The molecule has 0 aromatic heterocycles. The van der Waals surface area contributed by atoms with Crippen molar-refractivity contribution in [3.05, 3.63) is 0 Å². The summed E-state index contributed by atoms with van der Waals surface area (Å²) < 4.78 is 0. The quantitative estimate of drug-likeness (QED) is 0.493. The van der Waals surface area contributed by atoms with Crippen molar-refractivity contribution in [2.75, 3.05) is 6.54 Å². The Bertz CT molecular complexity index is 280. The summed E-state index contributed by atoms with van der Waals surface area (Å²) >= 11 is 0. The highest BCUT2D eigenvalue weighted by Crippen LogP contribution is 2.08. The summed E-state index contributed by atoms with van der Waals surface area (Å²) in [6.07, 6.45) is -0.200. The third-order valence-corrected chi connectivity index (χ3v) is 2.65. The second-order valence-corrected chi connectivity index (χ2v) is 4.42. The number of aliphatic hydroxyl groups excluding tert-OH is 1. The molecule has 16 heavy (non-hydrogen) atoms. The van der Waals surface area contributed by atoms with E-state index in [0.717, 1.165) is 0 Å². The topological polar surface area (TPSA) is 98.7 Å². The van der Waals surface area contributed by atoms with Crippen molar-refractivity contribution in [1.82, 2.24) is 10.6 Å². The highest BCUT2D eigenvalue weighted by Gasteiger charge is 2.31. The van der Waals surface area contributed by atoms with Gasteiger partial charge < -0.3 is 20.8 Å². The Morgan fingerprint density at radius 2 is 2.06 bits per heavy atom. The van der Waals surface area contributed by atoms with Crippen molar-refractivity contribution in [3.63, 3.8) is 0 Å². The van der Waals surface area contributed by atoms with Crippen LogP contribution in [0.4, 0.5) is 0 Å². The lowest BCUT2D eigenvalue weighted by Gasteiger charge is -2.20. The molecule has 1 aliphatic heterocycles. The molecule has 92 valence electrons. The van der Waals surface area contributed by atoms with E-state index in [0.29, 0.717) is 13.0 Å². The molecule has 4 N–H and O–H groups in total. The van der Waals surface area contributed by atoms with Gasteiger partial charge in [-0.05, 0) is 12.3 Å². The Hall–Kier alpha value is -1.14. The van der Waals surface area contributed by atoms with E-state index in [9.17, 15) is 14.7 Å². The molecule has 1 aliphatic rings. The predicted molar refractivity (Wildman–Crippen MR) is 56.8 cm³/mol. The number of hydrogen-bond acceptors (Lipinski definition) is 4. The molecular weight excluding hydrogens is 212 g/mol. The van der Waals surface area contributed by atoms with Crippen molar-refractivity contribution in [3.8, 4) is 0 Å². The fraction of sp³-hybridized carbons (Fsp3) is 0.800. The summed E-state index contributed by atoms with van der Waals surface area (Å²) in [7, 11) is 0. The third kappa shape index (κ3) is 3.18. The van der Waals surface area contributed by atoms with Gasteiger partial charge in [0.15, 0.2) is 0 Å². The lowest BCUT2D eigenvalue weighted by molar-refractivity contribution is -0.143. The number of β-amino-alcohol motifs (C(OH)–C–C–N with tert-alkyl or cyclic N) is 1. The van der Waals surface area contributed by atoms with E-state index < -0.39 is 24.2 Å². The van der Waals surface area contributed by atoms with Gasteiger partial charge >= 0.3 is 5.97 Å². The Morgan fingerprint density at radius 1 is 1.44 bits per heavy atom. The first-order valence-electron chi connectivity index (χ1n) is 5.36. The molecule has 1 rings (SSSR count). The fourth-order valence-corrected chi connectivity index (χ4v) is 1.68. The molecule has 1 heterocycles. The van der Waals surface area contributed by atoms with Crippen LogP contribution in [0.15, 0.2) is 0 Å². The summed E-state index contributed by atoms with van der Waals surface area (Å²) in [5.74, 6) is -1.58. The van der Waals surface area contributed by atoms with Crippen LogP contribution in [-0.4, -0.2) is 46.8 Å². The van der Waals surface area contributed by atoms with Gasteiger partial charge in [-0.3, -0.25) is 4.79 Å². The van der Waals surface area contributed by atoms with E-state index in [2.05, 4.69) is 10.6 Å². The van der Waals surface area contributed by atoms with Crippen LogP contribution in [0, 0.1) is 5.92 Å². The smallest absolute Gasteiger partial charge is 0.326 e. The van der Waals surface area contributed by atoms with Gasteiger partial charge in [0.2, 0.25) is 5.91 Å². The van der Waals surface area contributed by atoms with Crippen LogP contribution < -0.4 is 10.6 Å². The first-order chi connectivity index (χ1) is 7.41. The Balaban J connectivity index is 2.52. The van der Waals surface area contributed by atoms with Gasteiger partial charge in [-0.15, -0.1) is 0 Å². The molecule has 3 atom stereocenters. The molecule has 1 fully saturated rings. The number of rotatable bonds is 4. The first kappa shape index (κ1) is 12.9. The van der Waals surface area contributed by atoms with E-state index >= 15 is 0 Å². The molecule has 0 spiro atoms. The average Bonchev–Trinajstić information content (AvgIpc) is 2.59. The summed E-state index contributed by atoms with van der Waals surface area (Å²) in [4.78, 5) is 22.5. The molecule has 0 bridgehead atoms. The standard InChI is InChI=1S/C10H18N2O4/c1-5(2)8(10(15)16)12-9(14)7-3-6(13)4-11-7/h5-8,11,13H,3-4H2,1-2H3,(H,12,14)(H,15,16)/t6?,7?,8-/m0/s1. The summed E-state index contributed by atoms with van der Waals surface area (Å²) in [5.41, 5.74) is 0. The van der Waals surface area contributed by atoms with Crippen LogP contribution in [0.25, 0.3) is 0 Å². The number of amides is 1. The van der Waals surface area contributed by atoms with Gasteiger partial charge in [0.25, 0.3) is 0 Å². The number of carbonyl (C=O) groups is 2. The average molecular weight is 230 g/mol. The lowest BCUT2D eigenvalue weighted by Crippen LogP contribution is -2.50. The first-order valence-corrected chi connectivity index (χ1v) is 5.36. The van der Waals surface area contributed by atoms with Crippen LogP contribution in [-0.2, 0) is 9.59 Å². The van der Waals surface area contributed by atoms with Crippen LogP contribution in [0.2, 0.25) is 0 Å². The summed E-state index contributed by atoms with van der Waals surface area (Å²) in [6.45, 7) is 3.84. The third-order valence-electron chi connectivity index (χ3n) is 2.65. The van der Waals surface area contributed by atoms with E-state index in [-0.39, 0.29) is 11.8 Å². The number of carboxylic acid groups (broad SMARTS) is 1. The van der Waals surface area contributed by atoms with Crippen LogP contribution in [0.5, 0.6) is 0 Å². The highest BCUT2D eigenvalue weighted by atomic mass is 16.4. The van der Waals surface area contributed by atoms with Crippen molar-refractivity contribution >= 4 is 11.9 Å². The van der Waals surface area contributed by atoms with Crippen molar-refractivity contribution in [2.45, 2.75) is 38.5 Å². The minimum absolute atomic E-state index is 0.173. The zero-order valence-electron chi connectivity index (χ0n) is 9.43. The maximum Gasteiger partial charge on any atom is 0.326 e. The molecule has 0 aliphatic carbocycles. The summed E-state index contributed by atoms with van der Waals surface area (Å²) in [5, 5.41) is 23.4. The minimum atomic E-state index is -1.04. The molecule has 0 radical (unpaired) electrons. The molecule has 2 unspecified atom stereocenters. The minimum Gasteiger partial charge on any atom is -0.480 e. The van der Waals surface area contributed by atoms with E-state index in [1.807, 2.05) is 0 Å². The largest absolute Gasteiger partial charge is 0.480 e. The molecule has 0 aromatic carbocycles. The van der Waals surface area contributed by atoms with Crippen molar-refractivity contribution < 1.29 is 19.8 Å². The number of hydrogen-bond donors (Lipinski definition) is 4. The van der Waals surface area contributed by atoms with E-state index in [1.54, 1.807) is 13.8 Å². The molecule has 6 nitrogen and oxygen atoms in total. The second-order valence-electron chi connectivity index (χ2n) is 4.42. The maximum absolute atomic E-state index is 11.7. The Labute approximate surface area is 94.0 Å². The van der Waals surface area contributed by atoms with Crippen LogP contribution in [0.1, 0.15) is 20.3 Å².